The molecule has 0 amide bonds. The quantitative estimate of drug-likeness (QED) is 0.785. The van der Waals surface area contributed by atoms with Gasteiger partial charge < -0.3 is 15.2 Å². The van der Waals surface area contributed by atoms with Crippen LogP contribution < -0.4 is 10.5 Å². The third kappa shape index (κ3) is 5.49. The van der Waals surface area contributed by atoms with Crippen LogP contribution in [-0.2, 0) is 11.2 Å². The highest BCUT2D eigenvalue weighted by Gasteiger charge is 2.15. The average molecular weight is 320 g/mol. The molecule has 0 saturated heterocycles. The Morgan fingerprint density at radius 1 is 1.30 bits per heavy atom. The van der Waals surface area contributed by atoms with Crippen LogP contribution in [0.5, 0.6) is 5.75 Å². The van der Waals surface area contributed by atoms with Crippen LogP contribution in [0.1, 0.15) is 32.3 Å². The van der Waals surface area contributed by atoms with Gasteiger partial charge in [-0.05, 0) is 37.5 Å². The molecule has 0 spiro atoms. The summed E-state index contributed by atoms with van der Waals surface area (Å²) in [5.74, 6) is 0.684. The molecule has 2 atom stereocenters. The highest BCUT2D eigenvalue weighted by atomic mass is 35.5. The topological polar surface area (TPSA) is 44.5 Å². The smallest absolute Gasteiger partial charge is 0.141 e. The molecule has 0 aliphatic carbocycles. The molecule has 0 heterocycles. The Kier molecular flexibility index (Phi) is 7.67. The Labute approximate surface area is 131 Å². The maximum Gasteiger partial charge on any atom is 0.141 e. The van der Waals surface area contributed by atoms with E-state index in [-0.39, 0.29) is 12.1 Å². The van der Waals surface area contributed by atoms with Crippen LogP contribution in [0.3, 0.4) is 0 Å². The fraction of sp³-hybridized carbons (Fsp3) is 0.600. The number of hydrogen-bond donors (Lipinski definition) is 1. The molecule has 0 saturated carbocycles. The number of methoxy groups -OCH3 is 1. The lowest BCUT2D eigenvalue weighted by Crippen LogP contribution is -2.23. The van der Waals surface area contributed by atoms with Gasteiger partial charge in [0.15, 0.2) is 0 Å². The minimum Gasteiger partial charge on any atom is -0.489 e. The van der Waals surface area contributed by atoms with Crippen LogP contribution in [0.25, 0.3) is 0 Å². The summed E-state index contributed by atoms with van der Waals surface area (Å²) in [5.41, 5.74) is 6.98. The number of benzene rings is 1. The van der Waals surface area contributed by atoms with E-state index >= 15 is 0 Å². The highest BCUT2D eigenvalue weighted by molar-refractivity contribution is 6.35. The zero-order valence-electron chi connectivity index (χ0n) is 12.3. The van der Waals surface area contributed by atoms with Crippen LogP contribution in [0.15, 0.2) is 12.1 Å². The highest BCUT2D eigenvalue weighted by Crippen LogP contribution is 2.34. The van der Waals surface area contributed by atoms with Crippen molar-refractivity contribution in [3.8, 4) is 5.75 Å². The van der Waals surface area contributed by atoms with Crippen LogP contribution in [0, 0.1) is 0 Å². The first kappa shape index (κ1) is 17.6. The first-order valence-electron chi connectivity index (χ1n) is 6.87. The lowest BCUT2D eigenvalue weighted by molar-refractivity contribution is 0.134. The Bertz CT molecular complexity index is 427. The van der Waals surface area contributed by atoms with Crippen LogP contribution >= 0.6 is 23.2 Å². The van der Waals surface area contributed by atoms with Gasteiger partial charge in [-0.25, -0.2) is 0 Å². The van der Waals surface area contributed by atoms with E-state index in [1.165, 1.54) is 0 Å². The summed E-state index contributed by atoms with van der Waals surface area (Å²) in [6, 6.07) is 3.64. The average Bonchev–Trinajstić information content (AvgIpc) is 2.40. The van der Waals surface area contributed by atoms with E-state index in [1.54, 1.807) is 13.2 Å². The van der Waals surface area contributed by atoms with Crippen molar-refractivity contribution in [3.63, 3.8) is 0 Å². The van der Waals surface area contributed by atoms with Crippen molar-refractivity contribution in [1.29, 1.82) is 0 Å². The summed E-state index contributed by atoms with van der Waals surface area (Å²) in [6.45, 7) is 4.70. The number of nitrogens with two attached hydrogens (primary N) is 1. The van der Waals surface area contributed by atoms with Gasteiger partial charge in [-0.1, -0.05) is 30.1 Å². The minimum atomic E-state index is 0.0187. The standard InChI is InChI=1S/C15H23Cl2NO2/c1-4-13(18)8-11-7-12(16)9-14(17)15(11)20-10(2)5-6-19-3/h7,9-10,13H,4-6,8,18H2,1-3H3. The second-order valence-corrected chi connectivity index (χ2v) is 5.80. The number of rotatable bonds is 8. The zero-order valence-corrected chi connectivity index (χ0v) is 13.8. The maximum absolute atomic E-state index is 6.26. The molecule has 20 heavy (non-hydrogen) atoms. The van der Waals surface area contributed by atoms with E-state index in [9.17, 15) is 0 Å². The van der Waals surface area contributed by atoms with Gasteiger partial charge >= 0.3 is 0 Å². The zero-order chi connectivity index (χ0) is 15.1. The van der Waals surface area contributed by atoms with Crippen molar-refractivity contribution in [3.05, 3.63) is 27.7 Å². The van der Waals surface area contributed by atoms with E-state index in [0.29, 0.717) is 28.8 Å². The largest absolute Gasteiger partial charge is 0.489 e. The summed E-state index contributed by atoms with van der Waals surface area (Å²) in [7, 11) is 1.67. The number of hydrogen-bond acceptors (Lipinski definition) is 3. The second-order valence-electron chi connectivity index (χ2n) is 4.96. The summed E-state index contributed by atoms with van der Waals surface area (Å²) in [4.78, 5) is 0. The maximum atomic E-state index is 6.26. The molecular formula is C15H23Cl2NO2. The Morgan fingerprint density at radius 3 is 2.60 bits per heavy atom. The lowest BCUT2D eigenvalue weighted by Gasteiger charge is -2.20. The first-order valence-corrected chi connectivity index (χ1v) is 7.62. The van der Waals surface area contributed by atoms with Crippen molar-refractivity contribution < 1.29 is 9.47 Å². The summed E-state index contributed by atoms with van der Waals surface area (Å²) >= 11 is 12.3. The molecule has 114 valence electrons. The molecule has 1 aromatic carbocycles. The van der Waals surface area contributed by atoms with E-state index in [4.69, 9.17) is 38.4 Å². The van der Waals surface area contributed by atoms with Crippen LogP contribution in [0.2, 0.25) is 10.0 Å². The summed E-state index contributed by atoms with van der Waals surface area (Å²) < 4.78 is 11.0. The van der Waals surface area contributed by atoms with Crippen LogP contribution in [0.4, 0.5) is 0 Å². The van der Waals surface area contributed by atoms with E-state index in [1.807, 2.05) is 13.0 Å². The van der Waals surface area contributed by atoms with Crippen molar-refractivity contribution in [2.24, 2.45) is 5.73 Å². The fourth-order valence-corrected chi connectivity index (χ4v) is 2.45. The van der Waals surface area contributed by atoms with E-state index < -0.39 is 0 Å². The monoisotopic (exact) mass is 319 g/mol. The van der Waals surface area contributed by atoms with Gasteiger partial charge in [0.2, 0.25) is 0 Å². The number of halogens is 2. The molecule has 0 radical (unpaired) electrons. The van der Waals surface area contributed by atoms with E-state index in [0.717, 1.165) is 18.4 Å². The molecule has 1 aromatic rings. The molecule has 0 aliphatic heterocycles. The Balaban J connectivity index is 2.91. The van der Waals surface area contributed by atoms with Crippen molar-refractivity contribution in [2.75, 3.05) is 13.7 Å². The molecule has 1 rings (SSSR count). The molecule has 3 nitrogen and oxygen atoms in total. The van der Waals surface area contributed by atoms with Gasteiger partial charge in [-0.15, -0.1) is 0 Å². The normalized spacial score (nSPS) is 14.1. The minimum absolute atomic E-state index is 0.0187. The Hall–Kier alpha value is -0.480. The van der Waals surface area contributed by atoms with Crippen LogP contribution in [-0.4, -0.2) is 25.9 Å². The van der Waals surface area contributed by atoms with Gasteiger partial charge in [0.25, 0.3) is 0 Å². The lowest BCUT2D eigenvalue weighted by atomic mass is 10.0. The molecule has 0 fully saturated rings. The van der Waals surface area contributed by atoms with Gasteiger partial charge in [0.05, 0.1) is 11.1 Å². The molecule has 0 bridgehead atoms. The van der Waals surface area contributed by atoms with Crippen molar-refractivity contribution in [2.45, 2.75) is 45.3 Å². The summed E-state index contributed by atoms with van der Waals surface area (Å²) in [6.07, 6.45) is 2.41. The molecule has 2 N–H and O–H groups in total. The predicted octanol–water partition coefficient (Wildman–Crippen LogP) is 4.08. The predicted molar refractivity (Wildman–Crippen MR) is 85.0 cm³/mol. The van der Waals surface area contributed by atoms with E-state index in [2.05, 4.69) is 6.92 Å². The molecule has 0 aliphatic rings. The van der Waals surface area contributed by atoms with Gasteiger partial charge in [0, 0.05) is 31.2 Å². The Morgan fingerprint density at radius 2 is 2.00 bits per heavy atom. The molecule has 2 unspecified atom stereocenters. The van der Waals surface area contributed by atoms with Crippen molar-refractivity contribution >= 4 is 23.2 Å². The fourth-order valence-electron chi connectivity index (χ4n) is 1.87. The number of ether oxygens (including phenoxy) is 2. The van der Waals surface area contributed by atoms with Gasteiger partial charge in [-0.2, -0.15) is 0 Å². The SMILES string of the molecule is CCC(N)Cc1cc(Cl)cc(Cl)c1OC(C)CCOC. The third-order valence-corrected chi connectivity index (χ3v) is 3.64. The molecule has 5 heteroatoms. The second kappa shape index (κ2) is 8.73. The molecular weight excluding hydrogens is 297 g/mol. The van der Waals surface area contributed by atoms with Gasteiger partial charge in [-0.3, -0.25) is 0 Å². The third-order valence-electron chi connectivity index (χ3n) is 3.14. The summed E-state index contributed by atoms with van der Waals surface area (Å²) in [5, 5.41) is 1.13. The van der Waals surface area contributed by atoms with Gasteiger partial charge in [0.1, 0.15) is 5.75 Å². The first-order chi connectivity index (χ1) is 9.47. The molecule has 0 aromatic heterocycles. The van der Waals surface area contributed by atoms with Crippen molar-refractivity contribution in [1.82, 2.24) is 0 Å².